The van der Waals surface area contributed by atoms with Gasteiger partial charge in [0.25, 0.3) is 0 Å². The molecule has 0 spiro atoms. The van der Waals surface area contributed by atoms with Crippen molar-refractivity contribution in [2.75, 3.05) is 7.11 Å². The van der Waals surface area contributed by atoms with Crippen LogP contribution in [0.15, 0.2) is 18.2 Å². The Kier molecular flexibility index (Phi) is 4.35. The monoisotopic (exact) mass is 222 g/mol. The largest absolute Gasteiger partial charge is 0.508 e. The van der Waals surface area contributed by atoms with E-state index >= 15 is 0 Å². The molecule has 0 amide bonds. The minimum absolute atomic E-state index is 0.209. The highest BCUT2D eigenvalue weighted by Crippen LogP contribution is 2.26. The van der Waals surface area contributed by atoms with Crippen molar-refractivity contribution in [2.24, 2.45) is 0 Å². The number of esters is 1. The first-order valence-electron chi connectivity index (χ1n) is 5.43. The number of aryl methyl sites for hydroxylation is 1. The van der Waals surface area contributed by atoms with Gasteiger partial charge in [-0.1, -0.05) is 26.0 Å². The molecule has 1 N–H and O–H groups in total. The Morgan fingerprint density at radius 3 is 2.69 bits per heavy atom. The number of phenolic OH excluding ortho intramolecular Hbond substituents is 1. The van der Waals surface area contributed by atoms with Gasteiger partial charge in [-0.2, -0.15) is 0 Å². The van der Waals surface area contributed by atoms with Gasteiger partial charge in [-0.3, -0.25) is 4.79 Å². The molecule has 3 heteroatoms. The third-order valence-corrected chi connectivity index (χ3v) is 2.56. The Balaban J connectivity index is 2.75. The molecular weight excluding hydrogens is 204 g/mol. The van der Waals surface area contributed by atoms with Crippen LogP contribution in [0.25, 0.3) is 0 Å². The normalized spacial score (nSPS) is 10.5. The maximum Gasteiger partial charge on any atom is 0.305 e. The van der Waals surface area contributed by atoms with Crippen LogP contribution in [0.5, 0.6) is 5.75 Å². The summed E-state index contributed by atoms with van der Waals surface area (Å²) in [6.07, 6.45) is 1.02. The second kappa shape index (κ2) is 5.54. The zero-order valence-electron chi connectivity index (χ0n) is 9.99. The van der Waals surface area contributed by atoms with Crippen molar-refractivity contribution in [3.8, 4) is 5.75 Å². The number of ether oxygens (including phenoxy) is 1. The van der Waals surface area contributed by atoms with Crippen molar-refractivity contribution < 1.29 is 14.6 Å². The van der Waals surface area contributed by atoms with Gasteiger partial charge in [0.1, 0.15) is 5.75 Å². The van der Waals surface area contributed by atoms with Crippen molar-refractivity contribution in [2.45, 2.75) is 32.6 Å². The van der Waals surface area contributed by atoms with Crippen LogP contribution in [-0.4, -0.2) is 18.2 Å². The SMILES string of the molecule is COC(=O)CCc1ccc(O)c(C(C)C)c1. The highest BCUT2D eigenvalue weighted by atomic mass is 16.5. The van der Waals surface area contributed by atoms with Gasteiger partial charge in [-0.15, -0.1) is 0 Å². The van der Waals surface area contributed by atoms with E-state index in [1.165, 1.54) is 7.11 Å². The first-order valence-corrected chi connectivity index (χ1v) is 5.43. The standard InChI is InChI=1S/C13H18O3/c1-9(2)11-8-10(4-6-12(11)14)5-7-13(15)16-3/h4,6,8-9,14H,5,7H2,1-3H3. The number of aromatic hydroxyl groups is 1. The fourth-order valence-electron chi connectivity index (χ4n) is 1.57. The summed E-state index contributed by atoms with van der Waals surface area (Å²) in [7, 11) is 1.39. The van der Waals surface area contributed by atoms with E-state index in [1.54, 1.807) is 6.07 Å². The molecule has 0 radical (unpaired) electrons. The fraction of sp³-hybridized carbons (Fsp3) is 0.462. The molecule has 0 aliphatic rings. The molecule has 0 fully saturated rings. The summed E-state index contributed by atoms with van der Waals surface area (Å²) in [5, 5.41) is 9.64. The molecule has 0 saturated heterocycles. The first kappa shape index (κ1) is 12.6. The lowest BCUT2D eigenvalue weighted by molar-refractivity contribution is -0.140. The summed E-state index contributed by atoms with van der Waals surface area (Å²) < 4.78 is 4.59. The molecule has 0 atom stereocenters. The van der Waals surface area contributed by atoms with Gasteiger partial charge in [0.05, 0.1) is 7.11 Å². The second-order valence-electron chi connectivity index (χ2n) is 4.12. The molecule has 1 aromatic rings. The summed E-state index contributed by atoms with van der Waals surface area (Å²) in [5.41, 5.74) is 1.97. The second-order valence-corrected chi connectivity index (χ2v) is 4.12. The molecule has 1 aromatic carbocycles. The van der Waals surface area contributed by atoms with Crippen LogP contribution in [0.4, 0.5) is 0 Å². The van der Waals surface area contributed by atoms with Crippen LogP contribution in [-0.2, 0) is 16.0 Å². The number of benzene rings is 1. The molecule has 88 valence electrons. The van der Waals surface area contributed by atoms with E-state index in [-0.39, 0.29) is 11.9 Å². The molecule has 0 aliphatic carbocycles. The lowest BCUT2D eigenvalue weighted by Crippen LogP contribution is -2.02. The van der Waals surface area contributed by atoms with Crippen molar-refractivity contribution in [3.63, 3.8) is 0 Å². The van der Waals surface area contributed by atoms with Gasteiger partial charge >= 0.3 is 5.97 Å². The van der Waals surface area contributed by atoms with Gasteiger partial charge < -0.3 is 9.84 Å². The molecule has 0 aromatic heterocycles. The molecule has 16 heavy (non-hydrogen) atoms. The third-order valence-electron chi connectivity index (χ3n) is 2.56. The zero-order chi connectivity index (χ0) is 12.1. The zero-order valence-corrected chi connectivity index (χ0v) is 9.99. The van der Waals surface area contributed by atoms with Gasteiger partial charge in [0, 0.05) is 6.42 Å². The molecule has 0 aliphatic heterocycles. The fourth-order valence-corrected chi connectivity index (χ4v) is 1.57. The number of phenols is 1. The van der Waals surface area contributed by atoms with E-state index in [9.17, 15) is 9.90 Å². The smallest absolute Gasteiger partial charge is 0.305 e. The highest BCUT2D eigenvalue weighted by Gasteiger charge is 2.08. The quantitative estimate of drug-likeness (QED) is 0.796. The third kappa shape index (κ3) is 3.26. The van der Waals surface area contributed by atoms with Gasteiger partial charge in [-0.05, 0) is 29.5 Å². The Bertz CT molecular complexity index is 369. The Morgan fingerprint density at radius 1 is 1.44 bits per heavy atom. The minimum Gasteiger partial charge on any atom is -0.508 e. The molecule has 3 nitrogen and oxygen atoms in total. The average molecular weight is 222 g/mol. The van der Waals surface area contributed by atoms with E-state index < -0.39 is 0 Å². The Labute approximate surface area is 96.1 Å². The summed E-state index contributed by atoms with van der Waals surface area (Å²) in [6, 6.07) is 5.47. The van der Waals surface area contributed by atoms with E-state index in [4.69, 9.17) is 0 Å². The predicted octanol–water partition coefficient (Wildman–Crippen LogP) is 2.62. The summed E-state index contributed by atoms with van der Waals surface area (Å²) >= 11 is 0. The number of rotatable bonds is 4. The summed E-state index contributed by atoms with van der Waals surface area (Å²) in [4.78, 5) is 11.0. The van der Waals surface area contributed by atoms with E-state index in [0.717, 1.165) is 11.1 Å². The van der Waals surface area contributed by atoms with Crippen LogP contribution in [0.2, 0.25) is 0 Å². The maximum atomic E-state index is 11.0. The highest BCUT2D eigenvalue weighted by molar-refractivity contribution is 5.69. The Hall–Kier alpha value is -1.51. The molecular formula is C13H18O3. The van der Waals surface area contributed by atoms with Crippen LogP contribution < -0.4 is 0 Å². The van der Waals surface area contributed by atoms with Crippen molar-refractivity contribution in [1.29, 1.82) is 0 Å². The van der Waals surface area contributed by atoms with Gasteiger partial charge in [-0.25, -0.2) is 0 Å². The van der Waals surface area contributed by atoms with Gasteiger partial charge in [0.15, 0.2) is 0 Å². The van der Waals surface area contributed by atoms with Crippen LogP contribution in [0.1, 0.15) is 37.3 Å². The van der Waals surface area contributed by atoms with Crippen molar-refractivity contribution in [3.05, 3.63) is 29.3 Å². The van der Waals surface area contributed by atoms with Crippen LogP contribution >= 0.6 is 0 Å². The van der Waals surface area contributed by atoms with Gasteiger partial charge in [0.2, 0.25) is 0 Å². The Morgan fingerprint density at radius 2 is 2.12 bits per heavy atom. The molecule has 1 rings (SSSR count). The van der Waals surface area contributed by atoms with Crippen molar-refractivity contribution >= 4 is 5.97 Å². The molecule has 0 saturated carbocycles. The molecule has 0 bridgehead atoms. The number of hydrogen-bond donors (Lipinski definition) is 1. The minimum atomic E-state index is -0.209. The van der Waals surface area contributed by atoms with E-state index in [1.807, 2.05) is 26.0 Å². The topological polar surface area (TPSA) is 46.5 Å². The van der Waals surface area contributed by atoms with Crippen molar-refractivity contribution in [1.82, 2.24) is 0 Å². The number of carbonyl (C=O) groups is 1. The van der Waals surface area contributed by atoms with Crippen LogP contribution in [0, 0.1) is 0 Å². The number of hydrogen-bond acceptors (Lipinski definition) is 3. The lowest BCUT2D eigenvalue weighted by Gasteiger charge is -2.10. The van der Waals surface area contributed by atoms with E-state index in [0.29, 0.717) is 18.6 Å². The first-order chi connectivity index (χ1) is 7.54. The number of carbonyl (C=O) groups excluding carboxylic acids is 1. The summed E-state index contributed by atoms with van der Waals surface area (Å²) in [5.74, 6) is 0.383. The molecule has 0 heterocycles. The predicted molar refractivity (Wildman–Crippen MR) is 62.5 cm³/mol. The lowest BCUT2D eigenvalue weighted by atomic mass is 9.98. The average Bonchev–Trinajstić information content (AvgIpc) is 2.27. The number of methoxy groups -OCH3 is 1. The van der Waals surface area contributed by atoms with Crippen LogP contribution in [0.3, 0.4) is 0 Å². The van der Waals surface area contributed by atoms with E-state index in [2.05, 4.69) is 4.74 Å². The summed E-state index contributed by atoms with van der Waals surface area (Å²) in [6.45, 7) is 4.05. The maximum absolute atomic E-state index is 11.0. The molecule has 0 unspecified atom stereocenters.